The summed E-state index contributed by atoms with van der Waals surface area (Å²) < 4.78 is 62.3. The van der Waals surface area contributed by atoms with Gasteiger partial charge in [-0.2, -0.15) is 12.7 Å². The van der Waals surface area contributed by atoms with Gasteiger partial charge in [0.15, 0.2) is 11.6 Å². The van der Waals surface area contributed by atoms with Gasteiger partial charge in [-0.3, -0.25) is 14.5 Å². The molecule has 3 aliphatic heterocycles. The first-order chi connectivity index (χ1) is 24.5. The Morgan fingerprint density at radius 1 is 1.00 bits per heavy atom. The maximum absolute atomic E-state index is 16.3. The Hall–Kier alpha value is -4.05. The number of ether oxygens (including phenoxy) is 2. The molecular formula is C36H44FN5O8S. The second-order valence-electron chi connectivity index (χ2n) is 14.0. The van der Waals surface area contributed by atoms with Crippen molar-refractivity contribution in [3.8, 4) is 5.75 Å². The zero-order chi connectivity index (χ0) is 36.0. The van der Waals surface area contributed by atoms with Crippen LogP contribution in [0.15, 0.2) is 33.5 Å². The van der Waals surface area contributed by atoms with E-state index in [4.69, 9.17) is 13.9 Å². The summed E-state index contributed by atoms with van der Waals surface area (Å²) in [6, 6.07) is 6.64. The number of aryl methyl sites for hydroxylation is 1. The Morgan fingerprint density at radius 3 is 2.45 bits per heavy atom. The average Bonchev–Trinajstić information content (AvgIpc) is 3.65. The van der Waals surface area contributed by atoms with Gasteiger partial charge in [-0.25, -0.2) is 13.9 Å². The molecule has 4 heterocycles. The van der Waals surface area contributed by atoms with Crippen LogP contribution < -0.4 is 20.0 Å². The molecule has 15 heteroatoms. The highest BCUT2D eigenvalue weighted by Crippen LogP contribution is 2.36. The first kappa shape index (κ1) is 35.4. The number of fused-ring (bicyclic) bond motifs is 3. The molecule has 1 saturated carbocycles. The first-order valence-corrected chi connectivity index (χ1v) is 19.0. The molecule has 0 spiro atoms. The van der Waals surface area contributed by atoms with Gasteiger partial charge in [0.2, 0.25) is 0 Å². The van der Waals surface area contributed by atoms with Crippen LogP contribution >= 0.6 is 0 Å². The second-order valence-corrected chi connectivity index (χ2v) is 15.6. The molecule has 2 saturated heterocycles. The molecule has 1 atom stereocenters. The molecule has 3 fully saturated rings. The molecule has 3 aromatic rings. The molecule has 1 aromatic heterocycles. The number of hydrogen-bond donors (Lipinski definition) is 1. The third kappa shape index (κ3) is 6.72. The zero-order valence-electron chi connectivity index (χ0n) is 29.2. The monoisotopic (exact) mass is 725 g/mol. The maximum atomic E-state index is 16.3. The fourth-order valence-corrected chi connectivity index (χ4v) is 8.72. The number of piperazine rings is 1. The molecular weight excluding hydrogens is 681 g/mol. The Kier molecular flexibility index (Phi) is 9.82. The van der Waals surface area contributed by atoms with Crippen LogP contribution in [0, 0.1) is 12.7 Å². The van der Waals surface area contributed by atoms with Crippen LogP contribution in [-0.2, 0) is 27.9 Å². The number of likely N-dealkylation sites (N-methyl/N-ethyl adjacent to an activating group) is 1. The van der Waals surface area contributed by atoms with E-state index in [-0.39, 0.29) is 49.5 Å². The topological polar surface area (TPSA) is 142 Å². The third-order valence-corrected chi connectivity index (χ3v) is 12.3. The highest BCUT2D eigenvalue weighted by molar-refractivity contribution is 7.87. The number of carbonyl (C=O) groups excluding carboxylic acids is 2. The summed E-state index contributed by atoms with van der Waals surface area (Å²) in [6.45, 7) is 5.74. The Balaban J connectivity index is 1.14. The van der Waals surface area contributed by atoms with Crippen LogP contribution in [0.25, 0.3) is 11.0 Å². The molecule has 0 unspecified atom stereocenters. The van der Waals surface area contributed by atoms with Crippen LogP contribution in [0.1, 0.15) is 69.5 Å². The Bertz CT molecular complexity index is 2030. The van der Waals surface area contributed by atoms with Crippen LogP contribution in [-0.4, -0.2) is 107 Å². The highest BCUT2D eigenvalue weighted by atomic mass is 32.2. The van der Waals surface area contributed by atoms with E-state index in [0.29, 0.717) is 49.9 Å². The number of anilines is 1. The van der Waals surface area contributed by atoms with E-state index in [9.17, 15) is 22.8 Å². The molecule has 13 nitrogen and oxygen atoms in total. The fraction of sp³-hybridized carbons (Fsp3) is 0.528. The number of nitrogens with one attached hydrogen (secondary N) is 1. The molecule has 7 rings (SSSR count). The summed E-state index contributed by atoms with van der Waals surface area (Å²) in [4.78, 5) is 46.5. The minimum absolute atomic E-state index is 0.0844. The summed E-state index contributed by atoms with van der Waals surface area (Å²) in [5.41, 5.74) is 2.32. The van der Waals surface area contributed by atoms with Crippen molar-refractivity contribution >= 4 is 38.7 Å². The standard InChI is InChI=1S/C36H44FN5O8S/c1-22-30(40-18-17-39(2)23(19-40)21-48-3)12-11-26-25-13-16-41(20-29(25)36(45)50-32(22)26)35(44)27-9-10-28(33(31(27)37)49-24-7-6-8-24)34(43)38-51(46,47)42-14-4-5-15-42/h9-12,23-24H,4-8,13-21H2,1-3H3,(H,38,43)/t23-/m0/s1. The summed E-state index contributed by atoms with van der Waals surface area (Å²) in [7, 11) is -0.349. The number of rotatable bonds is 9. The van der Waals surface area contributed by atoms with E-state index in [1.165, 1.54) is 21.3 Å². The number of hydrogen-bond acceptors (Lipinski definition) is 10. The lowest BCUT2D eigenvalue weighted by Crippen LogP contribution is -2.53. The number of methoxy groups -OCH3 is 1. The van der Waals surface area contributed by atoms with Crippen LogP contribution in [0.3, 0.4) is 0 Å². The molecule has 1 N–H and O–H groups in total. The SMILES string of the molecule is COC[C@@H]1CN(c2ccc3c4c(c(=O)oc3c2C)CN(C(=O)c2ccc(C(=O)NS(=O)(=O)N3CCCC3)c(OC3CCC3)c2F)CC4)CCN1C. The maximum Gasteiger partial charge on any atom is 0.341 e. The molecule has 0 bridgehead atoms. The lowest BCUT2D eigenvalue weighted by molar-refractivity contribution is 0.0721. The van der Waals surface area contributed by atoms with E-state index in [1.807, 2.05) is 17.7 Å². The molecule has 51 heavy (non-hydrogen) atoms. The van der Waals surface area contributed by atoms with Gasteiger partial charge < -0.3 is 23.7 Å². The van der Waals surface area contributed by atoms with Crippen molar-refractivity contribution in [1.82, 2.24) is 18.8 Å². The van der Waals surface area contributed by atoms with Gasteiger partial charge in [-0.1, -0.05) is 0 Å². The summed E-state index contributed by atoms with van der Waals surface area (Å²) in [5, 5.41) is 0.808. The van der Waals surface area contributed by atoms with Crippen molar-refractivity contribution in [3.05, 3.63) is 68.3 Å². The van der Waals surface area contributed by atoms with Gasteiger partial charge in [0, 0.05) is 63.0 Å². The van der Waals surface area contributed by atoms with Gasteiger partial charge in [-0.15, -0.1) is 0 Å². The number of nitrogens with zero attached hydrogens (tertiary/aromatic N) is 4. The van der Waals surface area contributed by atoms with Crippen molar-refractivity contribution in [1.29, 1.82) is 0 Å². The lowest BCUT2D eigenvalue weighted by atomic mass is 9.94. The molecule has 2 amide bonds. The van der Waals surface area contributed by atoms with Gasteiger partial charge in [0.25, 0.3) is 11.8 Å². The number of benzene rings is 2. The average molecular weight is 726 g/mol. The van der Waals surface area contributed by atoms with Gasteiger partial charge in [0.1, 0.15) is 5.58 Å². The van der Waals surface area contributed by atoms with Crippen molar-refractivity contribution in [2.24, 2.45) is 0 Å². The van der Waals surface area contributed by atoms with Gasteiger partial charge in [0.05, 0.1) is 42.0 Å². The van der Waals surface area contributed by atoms with Crippen molar-refractivity contribution < 1.29 is 36.3 Å². The normalized spacial score (nSPS) is 20.4. The summed E-state index contributed by atoms with van der Waals surface area (Å²) in [6.07, 6.45) is 3.51. The van der Waals surface area contributed by atoms with Crippen molar-refractivity contribution in [2.75, 3.05) is 64.9 Å². The van der Waals surface area contributed by atoms with Crippen LogP contribution in [0.5, 0.6) is 5.75 Å². The highest BCUT2D eigenvalue weighted by Gasteiger charge is 2.35. The second kappa shape index (κ2) is 14.2. The zero-order valence-corrected chi connectivity index (χ0v) is 30.0. The Morgan fingerprint density at radius 2 is 1.75 bits per heavy atom. The van der Waals surface area contributed by atoms with E-state index >= 15 is 4.39 Å². The van der Waals surface area contributed by atoms with Gasteiger partial charge >= 0.3 is 15.8 Å². The van der Waals surface area contributed by atoms with Gasteiger partial charge in [-0.05, 0) is 82.3 Å². The first-order valence-electron chi connectivity index (χ1n) is 17.6. The summed E-state index contributed by atoms with van der Waals surface area (Å²) >= 11 is 0. The van der Waals surface area contributed by atoms with E-state index < -0.39 is 39.2 Å². The minimum atomic E-state index is -4.13. The minimum Gasteiger partial charge on any atom is -0.486 e. The summed E-state index contributed by atoms with van der Waals surface area (Å²) in [5.74, 6) is -3.22. The third-order valence-electron chi connectivity index (χ3n) is 10.8. The van der Waals surface area contributed by atoms with Crippen molar-refractivity contribution in [2.45, 2.75) is 64.1 Å². The smallest absolute Gasteiger partial charge is 0.341 e. The molecule has 1 aliphatic carbocycles. The Labute approximate surface area is 296 Å². The van der Waals surface area contributed by atoms with Crippen LogP contribution in [0.4, 0.5) is 10.1 Å². The van der Waals surface area contributed by atoms with E-state index in [0.717, 1.165) is 48.3 Å². The van der Waals surface area contributed by atoms with Crippen molar-refractivity contribution in [3.63, 3.8) is 0 Å². The number of carbonyl (C=O) groups is 2. The largest absolute Gasteiger partial charge is 0.486 e. The van der Waals surface area contributed by atoms with E-state index in [1.54, 1.807) is 7.11 Å². The quantitative estimate of drug-likeness (QED) is 0.327. The number of amides is 2. The van der Waals surface area contributed by atoms with Crippen LogP contribution in [0.2, 0.25) is 0 Å². The molecule has 4 aliphatic rings. The number of halogens is 1. The predicted molar refractivity (Wildman–Crippen MR) is 188 cm³/mol. The van der Waals surface area contributed by atoms with E-state index in [2.05, 4.69) is 22.9 Å². The molecule has 0 radical (unpaired) electrons. The molecule has 2 aromatic carbocycles. The predicted octanol–water partition coefficient (Wildman–Crippen LogP) is 3.21. The fourth-order valence-electron chi connectivity index (χ4n) is 7.51. The molecule has 274 valence electrons. The lowest BCUT2D eigenvalue weighted by Gasteiger charge is -2.41.